The predicted molar refractivity (Wildman–Crippen MR) is 109 cm³/mol. The molecule has 0 spiro atoms. The zero-order chi connectivity index (χ0) is 16.8. The first kappa shape index (κ1) is 16.9. The molecule has 0 N–H and O–H groups in total. The second kappa shape index (κ2) is 6.62. The fourth-order valence-corrected chi connectivity index (χ4v) is 11.4. The van der Waals surface area contributed by atoms with E-state index in [2.05, 4.69) is 52.0 Å². The summed E-state index contributed by atoms with van der Waals surface area (Å²) in [5.74, 6) is 0. The van der Waals surface area contributed by atoms with Gasteiger partial charge in [0.1, 0.15) is 0 Å². The number of hydrogen-bond donors (Lipinski definition) is 0. The van der Waals surface area contributed by atoms with Crippen LogP contribution in [0.3, 0.4) is 0 Å². The number of aromatic nitrogens is 2. The minimum absolute atomic E-state index is 0.168. The summed E-state index contributed by atoms with van der Waals surface area (Å²) in [6.45, 7) is 9.80. The molecule has 0 amide bonds. The van der Waals surface area contributed by atoms with Crippen molar-refractivity contribution >= 4 is 37.7 Å². The average molecular weight is 358 g/mol. The van der Waals surface area contributed by atoms with Crippen LogP contribution in [0.15, 0.2) is 24.3 Å². The van der Waals surface area contributed by atoms with Crippen molar-refractivity contribution < 1.29 is 0 Å². The lowest BCUT2D eigenvalue weighted by Gasteiger charge is -2.28. The summed E-state index contributed by atoms with van der Waals surface area (Å²) in [5, 5.41) is 0. The largest absolute Gasteiger partial charge is 0.244 e. The van der Waals surface area contributed by atoms with E-state index in [-0.39, 0.29) is 15.8 Å². The Morgan fingerprint density at radius 1 is 0.667 bits per heavy atom. The van der Waals surface area contributed by atoms with Crippen LogP contribution in [-0.4, -0.2) is 32.6 Å². The van der Waals surface area contributed by atoms with Crippen LogP contribution in [-0.2, 0) is 0 Å². The predicted octanol–water partition coefficient (Wildman–Crippen LogP) is 4.99. The van der Waals surface area contributed by atoms with E-state index in [9.17, 15) is 0 Å². The fourth-order valence-electron chi connectivity index (χ4n) is 4.55. The van der Waals surface area contributed by atoms with Gasteiger partial charge in [0, 0.05) is 0 Å². The van der Waals surface area contributed by atoms with Gasteiger partial charge in [-0.25, -0.2) is 9.97 Å². The maximum absolute atomic E-state index is 5.25. The Morgan fingerprint density at radius 2 is 1.00 bits per heavy atom. The smallest absolute Gasteiger partial charge is 0.0902 e. The molecule has 2 aliphatic rings. The van der Waals surface area contributed by atoms with E-state index in [0.717, 1.165) is 33.7 Å². The van der Waals surface area contributed by atoms with Crippen molar-refractivity contribution in [2.24, 2.45) is 0 Å². The zero-order valence-corrected chi connectivity index (χ0v) is 17.0. The van der Waals surface area contributed by atoms with Gasteiger partial charge < -0.3 is 0 Å². The fraction of sp³-hybridized carbons (Fsp3) is 0.600. The summed E-state index contributed by atoms with van der Waals surface area (Å²) in [5.41, 5.74) is 8.24. The van der Waals surface area contributed by atoms with Gasteiger partial charge in [0.15, 0.2) is 0 Å². The molecule has 4 heteroatoms. The summed E-state index contributed by atoms with van der Waals surface area (Å²) < 4.78 is 0. The van der Waals surface area contributed by atoms with Crippen molar-refractivity contribution in [3.63, 3.8) is 0 Å². The highest BCUT2D eigenvalue weighted by molar-refractivity contribution is 7.73. The van der Waals surface area contributed by atoms with Gasteiger partial charge in [-0.2, -0.15) is 0 Å². The molecule has 2 fully saturated rings. The van der Waals surface area contributed by atoms with Crippen LogP contribution in [0, 0.1) is 0 Å². The second-order valence-corrected chi connectivity index (χ2v) is 13.7. The summed E-state index contributed by atoms with van der Waals surface area (Å²) >= 11 is 0. The van der Waals surface area contributed by atoms with E-state index in [1.165, 1.54) is 36.6 Å². The van der Waals surface area contributed by atoms with E-state index >= 15 is 0 Å². The van der Waals surface area contributed by atoms with Gasteiger partial charge in [-0.15, -0.1) is 0 Å². The molecule has 2 nitrogen and oxygen atoms in total. The Kier molecular flexibility index (Phi) is 4.65. The Balaban J connectivity index is 1.91. The highest BCUT2D eigenvalue weighted by atomic mass is 31.1. The van der Waals surface area contributed by atoms with Gasteiger partial charge in [-0.3, -0.25) is 0 Å². The van der Waals surface area contributed by atoms with Crippen molar-refractivity contribution in [2.75, 3.05) is 0 Å². The summed E-state index contributed by atoms with van der Waals surface area (Å²) in [6.07, 6.45) is 5.46. The molecular weight excluding hydrogens is 330 g/mol. The lowest BCUT2D eigenvalue weighted by Crippen LogP contribution is -2.34. The number of fused-ring (bicyclic) bond motifs is 1. The Bertz CT molecular complexity index is 665. The van der Waals surface area contributed by atoms with Crippen LogP contribution in [0.5, 0.6) is 0 Å². The number of nitrogens with zero attached hydrogens (tertiary/aromatic N) is 2. The molecule has 1 aromatic carbocycles. The van der Waals surface area contributed by atoms with Gasteiger partial charge in [0.05, 0.1) is 21.9 Å². The lowest BCUT2D eigenvalue weighted by atomic mass is 10.2. The maximum atomic E-state index is 5.25. The van der Waals surface area contributed by atoms with Crippen LogP contribution >= 0.6 is 15.8 Å². The first-order chi connectivity index (χ1) is 11.6. The second-order valence-electron chi connectivity index (χ2n) is 7.72. The first-order valence-corrected chi connectivity index (χ1v) is 12.4. The topological polar surface area (TPSA) is 25.8 Å². The van der Waals surface area contributed by atoms with Gasteiger partial charge >= 0.3 is 0 Å². The Hall–Kier alpha value is -0.580. The SMILES string of the molecule is C[C@H]1CC[C@H](C)P1c1nc2ccccc2nc1P1[C@@H](C)CC[C@@H]1C. The normalized spacial score (nSPS) is 32.0. The van der Waals surface area contributed by atoms with Crippen molar-refractivity contribution in [3.8, 4) is 0 Å². The van der Waals surface area contributed by atoms with Crippen LogP contribution in [0.1, 0.15) is 53.4 Å². The van der Waals surface area contributed by atoms with Crippen LogP contribution in [0.2, 0.25) is 0 Å². The van der Waals surface area contributed by atoms with Crippen LogP contribution in [0.25, 0.3) is 11.0 Å². The van der Waals surface area contributed by atoms with Gasteiger partial charge in [-0.05, 0) is 76.3 Å². The summed E-state index contributed by atoms with van der Waals surface area (Å²) in [4.78, 5) is 10.5. The maximum Gasteiger partial charge on any atom is 0.0902 e. The third kappa shape index (κ3) is 2.81. The number of hydrogen-bond acceptors (Lipinski definition) is 2. The highest BCUT2D eigenvalue weighted by Gasteiger charge is 2.39. The molecule has 2 aliphatic heterocycles. The van der Waals surface area contributed by atoms with E-state index in [1.54, 1.807) is 0 Å². The first-order valence-electron chi connectivity index (χ1n) is 9.39. The number of rotatable bonds is 2. The van der Waals surface area contributed by atoms with Crippen LogP contribution in [0.4, 0.5) is 0 Å². The lowest BCUT2D eigenvalue weighted by molar-refractivity contribution is 0.777. The minimum atomic E-state index is -0.168. The van der Waals surface area contributed by atoms with Crippen LogP contribution < -0.4 is 10.9 Å². The zero-order valence-electron chi connectivity index (χ0n) is 15.2. The quantitative estimate of drug-likeness (QED) is 0.707. The molecule has 0 unspecified atom stereocenters. The Morgan fingerprint density at radius 3 is 1.33 bits per heavy atom. The minimum Gasteiger partial charge on any atom is -0.244 e. The average Bonchev–Trinajstić information content (AvgIpc) is 3.08. The molecule has 4 rings (SSSR count). The van der Waals surface area contributed by atoms with Crippen molar-refractivity contribution in [3.05, 3.63) is 24.3 Å². The van der Waals surface area contributed by atoms with E-state index in [1.807, 2.05) is 0 Å². The number of benzene rings is 1. The standard InChI is InChI=1S/C20H28N2P2/c1-13-9-10-14(2)23(13)19-20(24-15(3)11-12-16(24)4)22-18-8-6-5-7-17(18)21-19/h5-8,13-16H,9-12H2,1-4H3/t13-,14-,15-,16-/m0/s1. The monoisotopic (exact) mass is 358 g/mol. The summed E-state index contributed by atoms with van der Waals surface area (Å²) in [7, 11) is -0.337. The van der Waals surface area contributed by atoms with Gasteiger partial charge in [0.25, 0.3) is 0 Å². The third-order valence-electron chi connectivity index (χ3n) is 5.93. The van der Waals surface area contributed by atoms with Crippen molar-refractivity contribution in [1.29, 1.82) is 0 Å². The molecule has 2 saturated heterocycles. The van der Waals surface area contributed by atoms with Gasteiger partial charge in [-0.1, -0.05) is 39.8 Å². The molecule has 128 valence electrons. The molecule has 2 aromatic rings. The molecule has 24 heavy (non-hydrogen) atoms. The molecular formula is C20H28N2P2. The van der Waals surface area contributed by atoms with Gasteiger partial charge in [0.2, 0.25) is 0 Å². The molecule has 1 aromatic heterocycles. The molecule has 4 atom stereocenters. The van der Waals surface area contributed by atoms with Crippen molar-refractivity contribution in [2.45, 2.75) is 76.0 Å². The Labute approximate surface area is 148 Å². The highest BCUT2D eigenvalue weighted by Crippen LogP contribution is 2.58. The number of para-hydroxylation sites is 2. The van der Waals surface area contributed by atoms with Crippen molar-refractivity contribution in [1.82, 2.24) is 9.97 Å². The van der Waals surface area contributed by atoms with E-state index in [4.69, 9.17) is 9.97 Å². The summed E-state index contributed by atoms with van der Waals surface area (Å²) in [6, 6.07) is 8.49. The van der Waals surface area contributed by atoms with E-state index in [0.29, 0.717) is 0 Å². The third-order valence-corrected chi connectivity index (χ3v) is 12.5. The molecule has 0 aliphatic carbocycles. The molecule has 0 radical (unpaired) electrons. The molecule has 3 heterocycles. The van der Waals surface area contributed by atoms with E-state index < -0.39 is 0 Å². The molecule has 0 saturated carbocycles. The molecule has 0 bridgehead atoms.